The quantitative estimate of drug-likeness (QED) is 0.909. The van der Waals surface area contributed by atoms with Crippen LogP contribution in [0.4, 0.5) is 0 Å². The molecule has 2 unspecified atom stereocenters. The molecule has 1 saturated heterocycles. The first-order valence-corrected chi connectivity index (χ1v) is 7.70. The van der Waals surface area contributed by atoms with Crippen LogP contribution < -0.4 is 5.32 Å². The fraction of sp³-hybridized carbons (Fsp3) is 0.625. The van der Waals surface area contributed by atoms with Crippen molar-refractivity contribution >= 4 is 11.6 Å². The molecule has 0 aromatic heterocycles. The third-order valence-corrected chi connectivity index (χ3v) is 5.00. The zero-order valence-electron chi connectivity index (χ0n) is 11.4. The summed E-state index contributed by atoms with van der Waals surface area (Å²) in [7, 11) is 0. The Kier molecular flexibility index (Phi) is 4.11. The summed E-state index contributed by atoms with van der Waals surface area (Å²) >= 11 is 6.25. The highest BCUT2D eigenvalue weighted by atomic mass is 35.5. The Labute approximate surface area is 120 Å². The molecular weight excluding hydrogens is 258 g/mol. The highest BCUT2D eigenvalue weighted by Gasteiger charge is 2.33. The van der Waals surface area contributed by atoms with Crippen molar-refractivity contribution in [2.45, 2.75) is 44.2 Å². The number of hydrogen-bond donors (Lipinski definition) is 1. The van der Waals surface area contributed by atoms with Crippen LogP contribution in [0, 0.1) is 5.92 Å². The maximum Gasteiger partial charge on any atom is 0.0509 e. The van der Waals surface area contributed by atoms with Crippen LogP contribution in [0.2, 0.25) is 5.02 Å². The van der Waals surface area contributed by atoms with Gasteiger partial charge in [0.25, 0.3) is 0 Å². The second-order valence-corrected chi connectivity index (χ2v) is 6.37. The molecule has 0 spiro atoms. The molecule has 0 radical (unpaired) electrons. The molecule has 1 aliphatic carbocycles. The topological polar surface area (TPSA) is 21.3 Å². The fourth-order valence-corrected chi connectivity index (χ4v) is 3.56. The van der Waals surface area contributed by atoms with Gasteiger partial charge in [-0.1, -0.05) is 29.8 Å². The van der Waals surface area contributed by atoms with Crippen molar-refractivity contribution < 1.29 is 4.74 Å². The Hall–Kier alpha value is -0.570. The van der Waals surface area contributed by atoms with Crippen LogP contribution >= 0.6 is 11.6 Å². The molecule has 1 aromatic carbocycles. The highest BCUT2D eigenvalue weighted by molar-refractivity contribution is 6.31. The van der Waals surface area contributed by atoms with Gasteiger partial charge in [0.15, 0.2) is 0 Å². The first-order valence-electron chi connectivity index (χ1n) is 7.32. The molecule has 104 valence electrons. The average molecular weight is 280 g/mol. The van der Waals surface area contributed by atoms with Gasteiger partial charge < -0.3 is 10.1 Å². The Balaban J connectivity index is 1.49. The minimum absolute atomic E-state index is 0.569. The van der Waals surface area contributed by atoms with E-state index in [9.17, 15) is 0 Å². The summed E-state index contributed by atoms with van der Waals surface area (Å²) in [5, 5.41) is 4.67. The molecule has 2 fully saturated rings. The van der Waals surface area contributed by atoms with Crippen molar-refractivity contribution in [2.24, 2.45) is 5.92 Å². The van der Waals surface area contributed by atoms with Crippen molar-refractivity contribution in [1.29, 1.82) is 0 Å². The minimum atomic E-state index is 0.569. The first kappa shape index (κ1) is 13.4. The van der Waals surface area contributed by atoms with Gasteiger partial charge in [-0.25, -0.2) is 0 Å². The van der Waals surface area contributed by atoms with Crippen LogP contribution in [0.3, 0.4) is 0 Å². The number of ether oxygens (including phenoxy) is 1. The van der Waals surface area contributed by atoms with Crippen molar-refractivity contribution in [3.63, 3.8) is 0 Å². The Bertz CT molecular complexity index is 425. The van der Waals surface area contributed by atoms with Gasteiger partial charge in [-0.3, -0.25) is 0 Å². The Morgan fingerprint density at radius 2 is 2.11 bits per heavy atom. The van der Waals surface area contributed by atoms with Gasteiger partial charge in [-0.05, 0) is 49.7 Å². The standard InChI is InChI=1S/C16H22ClNO/c1-11(12-6-7-19-10-12)18-14-8-13(9-14)15-4-2-3-5-16(15)17/h2-5,11-14,18H,6-10H2,1H3. The predicted octanol–water partition coefficient (Wildman–Crippen LogP) is 3.60. The number of hydrogen-bond acceptors (Lipinski definition) is 2. The molecule has 0 amide bonds. The van der Waals surface area contributed by atoms with Gasteiger partial charge in [-0.15, -0.1) is 0 Å². The lowest BCUT2D eigenvalue weighted by Gasteiger charge is -2.39. The van der Waals surface area contributed by atoms with E-state index < -0.39 is 0 Å². The molecule has 3 rings (SSSR count). The normalized spacial score (nSPS) is 32.0. The van der Waals surface area contributed by atoms with Crippen molar-refractivity contribution in [3.05, 3.63) is 34.9 Å². The van der Waals surface area contributed by atoms with E-state index in [0.29, 0.717) is 23.9 Å². The van der Waals surface area contributed by atoms with Crippen molar-refractivity contribution in [1.82, 2.24) is 5.32 Å². The molecule has 19 heavy (non-hydrogen) atoms. The summed E-state index contributed by atoms with van der Waals surface area (Å²) in [6.07, 6.45) is 3.62. The second kappa shape index (κ2) is 5.82. The predicted molar refractivity (Wildman–Crippen MR) is 78.7 cm³/mol. The summed E-state index contributed by atoms with van der Waals surface area (Å²) < 4.78 is 5.46. The molecule has 2 atom stereocenters. The van der Waals surface area contributed by atoms with E-state index >= 15 is 0 Å². The van der Waals surface area contributed by atoms with Gasteiger partial charge in [0.2, 0.25) is 0 Å². The lowest BCUT2D eigenvalue weighted by Crippen LogP contribution is -2.47. The summed E-state index contributed by atoms with van der Waals surface area (Å²) in [5.41, 5.74) is 1.32. The monoisotopic (exact) mass is 279 g/mol. The summed E-state index contributed by atoms with van der Waals surface area (Å²) in [6.45, 7) is 4.15. The van der Waals surface area contributed by atoms with Gasteiger partial charge in [0.1, 0.15) is 0 Å². The molecular formula is C16H22ClNO. The molecule has 1 N–H and O–H groups in total. The highest BCUT2D eigenvalue weighted by Crippen LogP contribution is 2.40. The van der Waals surface area contributed by atoms with E-state index in [-0.39, 0.29) is 0 Å². The zero-order valence-corrected chi connectivity index (χ0v) is 12.2. The molecule has 0 bridgehead atoms. The van der Waals surface area contributed by atoms with E-state index in [0.717, 1.165) is 18.2 Å². The Morgan fingerprint density at radius 1 is 1.32 bits per heavy atom. The van der Waals surface area contributed by atoms with Crippen molar-refractivity contribution in [3.8, 4) is 0 Å². The van der Waals surface area contributed by atoms with Crippen LogP contribution in [0.15, 0.2) is 24.3 Å². The zero-order chi connectivity index (χ0) is 13.2. The van der Waals surface area contributed by atoms with Crippen LogP contribution in [0.25, 0.3) is 0 Å². The fourth-order valence-electron chi connectivity index (χ4n) is 3.27. The van der Waals surface area contributed by atoms with Gasteiger partial charge >= 0.3 is 0 Å². The largest absolute Gasteiger partial charge is 0.381 e. The minimum Gasteiger partial charge on any atom is -0.381 e. The van der Waals surface area contributed by atoms with E-state index in [4.69, 9.17) is 16.3 Å². The third kappa shape index (κ3) is 2.96. The van der Waals surface area contributed by atoms with Crippen LogP contribution in [0.5, 0.6) is 0 Å². The molecule has 3 heteroatoms. The van der Waals surface area contributed by atoms with Crippen LogP contribution in [0.1, 0.15) is 37.7 Å². The van der Waals surface area contributed by atoms with Crippen molar-refractivity contribution in [2.75, 3.05) is 13.2 Å². The van der Waals surface area contributed by atoms with Gasteiger partial charge in [0.05, 0.1) is 6.61 Å². The number of benzene rings is 1. The molecule has 2 nitrogen and oxygen atoms in total. The lowest BCUT2D eigenvalue weighted by atomic mass is 9.75. The number of rotatable bonds is 4. The molecule has 1 saturated carbocycles. The van der Waals surface area contributed by atoms with Crippen LogP contribution in [-0.2, 0) is 4.74 Å². The van der Waals surface area contributed by atoms with Gasteiger partial charge in [0, 0.05) is 23.7 Å². The molecule has 1 heterocycles. The van der Waals surface area contributed by atoms with E-state index in [1.165, 1.54) is 24.8 Å². The average Bonchev–Trinajstić information content (AvgIpc) is 2.88. The lowest BCUT2D eigenvalue weighted by molar-refractivity contribution is 0.170. The first-order chi connectivity index (χ1) is 9.24. The van der Waals surface area contributed by atoms with E-state index in [1.807, 2.05) is 12.1 Å². The molecule has 2 aliphatic rings. The summed E-state index contributed by atoms with van der Waals surface area (Å²) in [5.74, 6) is 1.33. The third-order valence-electron chi connectivity index (χ3n) is 4.65. The molecule has 1 aliphatic heterocycles. The summed E-state index contributed by atoms with van der Waals surface area (Å²) in [4.78, 5) is 0. The van der Waals surface area contributed by atoms with Gasteiger partial charge in [-0.2, -0.15) is 0 Å². The maximum absolute atomic E-state index is 6.25. The van der Waals surface area contributed by atoms with E-state index in [1.54, 1.807) is 0 Å². The number of nitrogens with one attached hydrogen (secondary N) is 1. The van der Waals surface area contributed by atoms with Crippen LogP contribution in [-0.4, -0.2) is 25.3 Å². The molecule has 1 aromatic rings. The maximum atomic E-state index is 6.25. The second-order valence-electron chi connectivity index (χ2n) is 5.97. The smallest absolute Gasteiger partial charge is 0.0509 e. The van der Waals surface area contributed by atoms with E-state index in [2.05, 4.69) is 24.4 Å². The number of halogens is 1. The Morgan fingerprint density at radius 3 is 2.79 bits per heavy atom. The SMILES string of the molecule is CC(NC1CC(c2ccccc2Cl)C1)C1CCOC1. The summed E-state index contributed by atoms with van der Waals surface area (Å²) in [6, 6.07) is 9.47.